The smallest absolute Gasteiger partial charge is 0.151 e. The fourth-order valence-electron chi connectivity index (χ4n) is 1.55. The molecule has 1 unspecified atom stereocenters. The van der Waals surface area contributed by atoms with Crippen molar-refractivity contribution in [1.82, 2.24) is 4.41 Å². The van der Waals surface area contributed by atoms with Gasteiger partial charge in [-0.3, -0.25) is 0 Å². The number of benzene rings is 1. The third-order valence-electron chi connectivity index (χ3n) is 2.23. The Labute approximate surface area is 90.1 Å². The predicted octanol–water partition coefficient (Wildman–Crippen LogP) is 1.62. The van der Waals surface area contributed by atoms with Crippen molar-refractivity contribution in [2.24, 2.45) is 10.3 Å². The second kappa shape index (κ2) is 3.20. The molecule has 0 N–H and O–H groups in total. The van der Waals surface area contributed by atoms with Gasteiger partial charge in [-0.25, -0.2) is 4.41 Å². The number of nitrogens with zero attached hydrogens (tertiary/aromatic N) is 3. The van der Waals surface area contributed by atoms with Gasteiger partial charge in [0, 0.05) is 12.6 Å². The lowest BCUT2D eigenvalue weighted by molar-refractivity contribution is 0.381. The minimum atomic E-state index is -0.419. The summed E-state index contributed by atoms with van der Waals surface area (Å²) in [5, 5.41) is 8.27. The molecule has 5 heteroatoms. The van der Waals surface area contributed by atoms with Crippen molar-refractivity contribution in [2.45, 2.75) is 0 Å². The van der Waals surface area contributed by atoms with Gasteiger partial charge >= 0.3 is 0 Å². The Bertz CT molecular complexity index is 493. The lowest BCUT2D eigenvalue weighted by Gasteiger charge is -2.07. The number of hydrazone groups is 1. The first kappa shape index (κ1) is 8.67. The minimum absolute atomic E-state index is 0.419. The van der Waals surface area contributed by atoms with Crippen LogP contribution in [-0.4, -0.2) is 28.3 Å². The van der Waals surface area contributed by atoms with E-state index in [0.717, 1.165) is 16.1 Å². The van der Waals surface area contributed by atoms with Crippen LogP contribution in [0.25, 0.3) is 0 Å². The van der Waals surface area contributed by atoms with E-state index in [-0.39, 0.29) is 0 Å². The van der Waals surface area contributed by atoms with E-state index in [0.29, 0.717) is 0 Å². The van der Waals surface area contributed by atoms with Crippen LogP contribution in [0.4, 0.5) is 0 Å². The van der Waals surface area contributed by atoms with Crippen LogP contribution in [0, 0.1) is 0 Å². The summed E-state index contributed by atoms with van der Waals surface area (Å²) in [6, 6.07) is 10.1. The average molecular weight is 219 g/mol. The molecule has 2 heterocycles. The quantitative estimate of drug-likeness (QED) is 0.673. The van der Waals surface area contributed by atoms with Gasteiger partial charge in [-0.1, -0.05) is 35.5 Å². The average Bonchev–Trinajstić information content (AvgIpc) is 2.84. The molecule has 15 heavy (non-hydrogen) atoms. The van der Waals surface area contributed by atoms with E-state index in [2.05, 4.69) is 10.3 Å². The van der Waals surface area contributed by atoms with Crippen LogP contribution in [-0.2, 0) is 4.28 Å². The van der Waals surface area contributed by atoms with Crippen molar-refractivity contribution in [2.75, 3.05) is 7.05 Å². The first-order valence-corrected chi connectivity index (χ1v) is 5.67. The molecule has 4 nitrogen and oxygen atoms in total. The third kappa shape index (κ3) is 1.27. The largest absolute Gasteiger partial charge is 0.308 e. The molecular weight excluding hydrogens is 210 g/mol. The second-order valence-corrected chi connectivity index (χ2v) is 4.82. The van der Waals surface area contributed by atoms with Gasteiger partial charge in [0.15, 0.2) is 11.0 Å². The highest BCUT2D eigenvalue weighted by Gasteiger charge is 2.28. The number of oxime groups is 1. The van der Waals surface area contributed by atoms with Crippen LogP contribution in [0.5, 0.6) is 0 Å². The molecule has 0 aliphatic carbocycles. The van der Waals surface area contributed by atoms with Crippen LogP contribution < -0.4 is 0 Å². The summed E-state index contributed by atoms with van der Waals surface area (Å²) < 4.78 is 7.02. The molecule has 0 saturated heterocycles. The fraction of sp³-hybridized carbons (Fsp3) is 0.100. The number of hydrogen-bond donors (Lipinski definition) is 0. The Balaban J connectivity index is 2.09. The molecular formula is C10H9N3OS. The fourth-order valence-corrected chi connectivity index (χ4v) is 2.75. The van der Waals surface area contributed by atoms with Gasteiger partial charge in [-0.05, 0) is 0 Å². The second-order valence-electron chi connectivity index (χ2n) is 3.20. The van der Waals surface area contributed by atoms with E-state index in [4.69, 9.17) is 4.28 Å². The molecule has 1 aromatic rings. The summed E-state index contributed by atoms with van der Waals surface area (Å²) in [6.07, 6.45) is 1.75. The molecule has 0 saturated carbocycles. The van der Waals surface area contributed by atoms with Gasteiger partial charge in [0.05, 0.1) is 6.21 Å². The van der Waals surface area contributed by atoms with E-state index in [1.807, 2.05) is 41.8 Å². The maximum Gasteiger partial charge on any atom is 0.151 e. The normalized spacial score (nSPS) is 22.7. The molecule has 1 atom stereocenters. The first-order valence-electron chi connectivity index (χ1n) is 4.56. The number of hydrogen-bond acceptors (Lipinski definition) is 4. The summed E-state index contributed by atoms with van der Waals surface area (Å²) in [5.74, 6) is 0. The molecule has 0 fully saturated rings. The molecule has 0 radical (unpaired) electrons. The maximum atomic E-state index is 5.21. The van der Waals surface area contributed by atoms with E-state index in [9.17, 15) is 0 Å². The molecule has 76 valence electrons. The van der Waals surface area contributed by atoms with Crippen molar-refractivity contribution in [1.29, 1.82) is 0 Å². The van der Waals surface area contributed by atoms with Gasteiger partial charge in [-0.2, -0.15) is 5.10 Å². The van der Waals surface area contributed by atoms with Crippen molar-refractivity contribution in [3.63, 3.8) is 0 Å². The molecule has 2 aliphatic heterocycles. The molecule has 0 aromatic heterocycles. The molecule has 0 spiro atoms. The van der Waals surface area contributed by atoms with Gasteiger partial charge in [0.1, 0.15) is 10.6 Å². The summed E-state index contributed by atoms with van der Waals surface area (Å²) >= 11 is 0. The Morgan fingerprint density at radius 2 is 2.07 bits per heavy atom. The maximum absolute atomic E-state index is 5.21. The SMILES string of the molecule is CN1N=C(c2ccccc2)C2=S1ON=C2. The summed E-state index contributed by atoms with van der Waals surface area (Å²) in [5.41, 5.74) is 2.06. The van der Waals surface area contributed by atoms with Gasteiger partial charge in [0.25, 0.3) is 0 Å². The van der Waals surface area contributed by atoms with Crippen molar-refractivity contribution >= 4 is 27.7 Å². The molecule has 0 amide bonds. The Morgan fingerprint density at radius 3 is 2.87 bits per heavy atom. The van der Waals surface area contributed by atoms with Crippen LogP contribution in [0.2, 0.25) is 0 Å². The summed E-state index contributed by atoms with van der Waals surface area (Å²) in [4.78, 5) is 1.06. The highest BCUT2D eigenvalue weighted by Crippen LogP contribution is 2.32. The summed E-state index contributed by atoms with van der Waals surface area (Å²) in [7, 11) is 1.48. The van der Waals surface area contributed by atoms with Crippen LogP contribution in [0.3, 0.4) is 0 Å². The standard InChI is InChI=1S/C10H9N3OS/c1-13-12-10(8-5-3-2-4-6-8)9-7-11-14-15(9)13/h2-7H,1H3. The topological polar surface area (TPSA) is 37.2 Å². The van der Waals surface area contributed by atoms with Crippen LogP contribution in [0.1, 0.15) is 5.56 Å². The Morgan fingerprint density at radius 1 is 1.27 bits per heavy atom. The molecule has 0 bridgehead atoms. The zero-order valence-corrected chi connectivity index (χ0v) is 8.94. The molecule has 1 aromatic carbocycles. The lowest BCUT2D eigenvalue weighted by Crippen LogP contribution is -2.11. The van der Waals surface area contributed by atoms with Crippen LogP contribution in [0.15, 0.2) is 40.6 Å². The van der Waals surface area contributed by atoms with Crippen molar-refractivity contribution in [3.8, 4) is 0 Å². The van der Waals surface area contributed by atoms with Crippen molar-refractivity contribution in [3.05, 3.63) is 35.9 Å². The van der Waals surface area contributed by atoms with E-state index < -0.39 is 11.0 Å². The molecule has 3 rings (SSSR count). The highest BCUT2D eigenvalue weighted by molar-refractivity contribution is 8.12. The first-order chi connectivity index (χ1) is 7.36. The van der Waals surface area contributed by atoms with E-state index >= 15 is 0 Å². The Kier molecular flexibility index (Phi) is 1.85. The zero-order valence-electron chi connectivity index (χ0n) is 8.12. The monoisotopic (exact) mass is 219 g/mol. The third-order valence-corrected chi connectivity index (χ3v) is 3.70. The van der Waals surface area contributed by atoms with E-state index in [1.54, 1.807) is 6.21 Å². The Hall–Kier alpha value is -1.62. The highest BCUT2D eigenvalue weighted by atomic mass is 32.2. The van der Waals surface area contributed by atoms with Crippen molar-refractivity contribution < 1.29 is 4.28 Å². The van der Waals surface area contributed by atoms with Gasteiger partial charge in [0.2, 0.25) is 0 Å². The van der Waals surface area contributed by atoms with Gasteiger partial charge in [-0.15, -0.1) is 0 Å². The lowest BCUT2D eigenvalue weighted by atomic mass is 10.1. The van der Waals surface area contributed by atoms with Gasteiger partial charge < -0.3 is 4.28 Å². The number of rotatable bonds is 1. The molecule has 2 aliphatic rings. The van der Waals surface area contributed by atoms with E-state index in [1.165, 1.54) is 0 Å². The summed E-state index contributed by atoms with van der Waals surface area (Å²) in [6.45, 7) is 0. The zero-order chi connectivity index (χ0) is 10.3. The predicted molar refractivity (Wildman–Crippen MR) is 62.9 cm³/mol. The van der Waals surface area contributed by atoms with Crippen LogP contribution >= 0.6 is 11.0 Å². The minimum Gasteiger partial charge on any atom is -0.308 e.